The first-order valence-electron chi connectivity index (χ1n) is 8.14. The summed E-state index contributed by atoms with van der Waals surface area (Å²) in [7, 11) is 0. The van der Waals surface area contributed by atoms with Crippen LogP contribution in [0.5, 0.6) is 0 Å². The molecule has 0 saturated heterocycles. The molecule has 1 aliphatic carbocycles. The Hall–Kier alpha value is -1.31. The Kier molecular flexibility index (Phi) is 5.63. The van der Waals surface area contributed by atoms with E-state index in [0.717, 1.165) is 38.5 Å². The summed E-state index contributed by atoms with van der Waals surface area (Å²) in [5.74, 6) is 0.453. The molecule has 0 saturated carbocycles. The zero-order valence-corrected chi connectivity index (χ0v) is 12.8. The molecule has 1 N–H and O–H groups in total. The maximum Gasteiger partial charge on any atom is 0.223 e. The largest absolute Gasteiger partial charge is 0.349 e. The van der Waals surface area contributed by atoms with Gasteiger partial charge in [0.1, 0.15) is 0 Å². The van der Waals surface area contributed by atoms with Gasteiger partial charge in [0.25, 0.3) is 0 Å². The normalized spacial score (nSPS) is 17.9. The second-order valence-corrected chi connectivity index (χ2v) is 5.93. The van der Waals surface area contributed by atoms with Crippen LogP contribution in [0.3, 0.4) is 0 Å². The summed E-state index contributed by atoms with van der Waals surface area (Å²) in [5, 5.41) is 3.31. The molecule has 0 fully saturated rings. The average Bonchev–Trinajstić information content (AvgIpc) is 2.47. The first-order chi connectivity index (χ1) is 9.76. The molecule has 0 heterocycles. The number of hydrogen-bond acceptors (Lipinski definition) is 1. The summed E-state index contributed by atoms with van der Waals surface area (Å²) in [6.07, 6.45) is 7.58. The van der Waals surface area contributed by atoms with Crippen LogP contribution in [0, 0.1) is 5.92 Å². The second-order valence-electron chi connectivity index (χ2n) is 5.93. The second kappa shape index (κ2) is 7.47. The topological polar surface area (TPSA) is 29.1 Å². The van der Waals surface area contributed by atoms with E-state index < -0.39 is 0 Å². The molecule has 1 amide bonds. The summed E-state index contributed by atoms with van der Waals surface area (Å²) in [6, 6.07) is 8.78. The van der Waals surface area contributed by atoms with Crippen LogP contribution >= 0.6 is 0 Å². The molecule has 0 aliphatic heterocycles. The molecule has 2 rings (SSSR count). The van der Waals surface area contributed by atoms with E-state index in [4.69, 9.17) is 0 Å². The zero-order valence-electron chi connectivity index (χ0n) is 12.8. The summed E-state index contributed by atoms with van der Waals surface area (Å²) in [5.41, 5.74) is 2.74. The molecule has 0 radical (unpaired) electrons. The third kappa shape index (κ3) is 3.62. The minimum Gasteiger partial charge on any atom is -0.349 e. The third-order valence-electron chi connectivity index (χ3n) is 4.33. The number of carbonyl (C=O) groups is 1. The number of aryl methyl sites for hydroxylation is 1. The Labute approximate surface area is 123 Å². The summed E-state index contributed by atoms with van der Waals surface area (Å²) >= 11 is 0. The van der Waals surface area contributed by atoms with E-state index in [0.29, 0.717) is 0 Å². The van der Waals surface area contributed by atoms with Crippen LogP contribution in [0.4, 0.5) is 0 Å². The predicted molar refractivity (Wildman–Crippen MR) is 83.6 cm³/mol. The lowest BCUT2D eigenvalue weighted by Crippen LogP contribution is -2.35. The van der Waals surface area contributed by atoms with Gasteiger partial charge in [-0.15, -0.1) is 0 Å². The number of benzene rings is 1. The van der Waals surface area contributed by atoms with Gasteiger partial charge >= 0.3 is 0 Å². The third-order valence-corrected chi connectivity index (χ3v) is 4.33. The predicted octanol–water partition coefficient (Wildman–Crippen LogP) is 4.40. The average molecular weight is 273 g/mol. The molecule has 1 aromatic carbocycles. The van der Waals surface area contributed by atoms with Crippen molar-refractivity contribution in [3.63, 3.8) is 0 Å². The Morgan fingerprint density at radius 2 is 1.95 bits per heavy atom. The molecule has 1 aliphatic rings. The quantitative estimate of drug-likeness (QED) is 0.818. The van der Waals surface area contributed by atoms with E-state index in [1.165, 1.54) is 17.5 Å². The van der Waals surface area contributed by atoms with Crippen LogP contribution in [-0.4, -0.2) is 5.91 Å². The van der Waals surface area contributed by atoms with Crippen molar-refractivity contribution < 1.29 is 4.79 Å². The molecule has 20 heavy (non-hydrogen) atoms. The van der Waals surface area contributed by atoms with Crippen LogP contribution in [0.1, 0.15) is 69.5 Å². The van der Waals surface area contributed by atoms with E-state index in [1.54, 1.807) is 0 Å². The molecule has 1 atom stereocenters. The van der Waals surface area contributed by atoms with Crippen molar-refractivity contribution in [2.45, 2.75) is 64.8 Å². The van der Waals surface area contributed by atoms with Crippen molar-refractivity contribution in [3.8, 4) is 0 Å². The standard InChI is InChI=1S/C18H27NO/c1-3-8-15(9-4-2)18(20)19-17-13-7-11-14-10-5-6-12-16(14)17/h5-6,10,12,15,17H,3-4,7-9,11,13H2,1-2H3,(H,19,20). The number of rotatable bonds is 6. The fourth-order valence-electron chi connectivity index (χ4n) is 3.30. The van der Waals surface area contributed by atoms with Crippen molar-refractivity contribution >= 4 is 5.91 Å². The number of hydrogen-bond donors (Lipinski definition) is 1. The maximum absolute atomic E-state index is 12.5. The Morgan fingerprint density at radius 3 is 2.65 bits per heavy atom. The molecule has 110 valence electrons. The van der Waals surface area contributed by atoms with Gasteiger partial charge in [-0.2, -0.15) is 0 Å². The minimum absolute atomic E-state index is 0.194. The smallest absolute Gasteiger partial charge is 0.223 e. The molecule has 0 aromatic heterocycles. The summed E-state index contributed by atoms with van der Waals surface area (Å²) < 4.78 is 0. The van der Waals surface area contributed by atoms with E-state index >= 15 is 0 Å². The van der Waals surface area contributed by atoms with Gasteiger partial charge in [0.05, 0.1) is 6.04 Å². The van der Waals surface area contributed by atoms with E-state index in [9.17, 15) is 4.79 Å². The van der Waals surface area contributed by atoms with Gasteiger partial charge in [-0.05, 0) is 43.2 Å². The fraction of sp³-hybridized carbons (Fsp3) is 0.611. The van der Waals surface area contributed by atoms with Gasteiger partial charge in [0.15, 0.2) is 0 Å². The van der Waals surface area contributed by atoms with Gasteiger partial charge < -0.3 is 5.32 Å². The van der Waals surface area contributed by atoms with Gasteiger partial charge in [-0.25, -0.2) is 0 Å². The molecular formula is C18H27NO. The number of nitrogens with one attached hydrogen (secondary N) is 1. The van der Waals surface area contributed by atoms with Gasteiger partial charge in [0.2, 0.25) is 5.91 Å². The van der Waals surface area contributed by atoms with Crippen molar-refractivity contribution in [2.75, 3.05) is 0 Å². The lowest BCUT2D eigenvalue weighted by Gasteiger charge is -2.28. The number of amides is 1. The van der Waals surface area contributed by atoms with Crippen LogP contribution in [0.15, 0.2) is 24.3 Å². The van der Waals surface area contributed by atoms with Gasteiger partial charge in [-0.3, -0.25) is 4.79 Å². The first-order valence-corrected chi connectivity index (χ1v) is 8.14. The Bertz CT molecular complexity index is 435. The van der Waals surface area contributed by atoms with E-state index in [2.05, 4.69) is 43.4 Å². The molecule has 1 unspecified atom stereocenters. The Morgan fingerprint density at radius 1 is 1.25 bits per heavy atom. The molecule has 0 spiro atoms. The minimum atomic E-state index is 0.194. The lowest BCUT2D eigenvalue weighted by atomic mass is 9.87. The van der Waals surface area contributed by atoms with E-state index in [-0.39, 0.29) is 17.9 Å². The SMILES string of the molecule is CCCC(CCC)C(=O)NC1CCCc2ccccc21. The highest BCUT2D eigenvalue weighted by Crippen LogP contribution is 2.30. The van der Waals surface area contributed by atoms with Crippen molar-refractivity contribution in [3.05, 3.63) is 35.4 Å². The van der Waals surface area contributed by atoms with Crippen LogP contribution in [0.25, 0.3) is 0 Å². The van der Waals surface area contributed by atoms with Gasteiger partial charge in [-0.1, -0.05) is 51.0 Å². The highest BCUT2D eigenvalue weighted by Gasteiger charge is 2.24. The van der Waals surface area contributed by atoms with Crippen molar-refractivity contribution in [1.82, 2.24) is 5.32 Å². The monoisotopic (exact) mass is 273 g/mol. The maximum atomic E-state index is 12.5. The number of fused-ring (bicyclic) bond motifs is 1. The molecule has 2 nitrogen and oxygen atoms in total. The Balaban J connectivity index is 2.04. The first kappa shape index (κ1) is 15.1. The molecular weight excluding hydrogens is 246 g/mol. The summed E-state index contributed by atoms with van der Waals surface area (Å²) in [4.78, 5) is 12.5. The molecule has 2 heteroatoms. The highest BCUT2D eigenvalue weighted by molar-refractivity contribution is 5.79. The van der Waals surface area contributed by atoms with E-state index in [1.807, 2.05) is 0 Å². The highest BCUT2D eigenvalue weighted by atomic mass is 16.1. The van der Waals surface area contributed by atoms with Crippen molar-refractivity contribution in [2.24, 2.45) is 5.92 Å². The molecule has 1 aromatic rings. The van der Waals surface area contributed by atoms with Crippen LogP contribution in [0.2, 0.25) is 0 Å². The van der Waals surface area contributed by atoms with Crippen LogP contribution < -0.4 is 5.32 Å². The zero-order chi connectivity index (χ0) is 14.4. The van der Waals surface area contributed by atoms with Crippen LogP contribution in [-0.2, 0) is 11.2 Å². The molecule has 0 bridgehead atoms. The van der Waals surface area contributed by atoms with Gasteiger partial charge in [0, 0.05) is 5.92 Å². The number of carbonyl (C=O) groups excluding carboxylic acids is 1. The summed E-state index contributed by atoms with van der Waals surface area (Å²) in [6.45, 7) is 4.32. The lowest BCUT2D eigenvalue weighted by molar-refractivity contribution is -0.126. The van der Waals surface area contributed by atoms with Crippen molar-refractivity contribution in [1.29, 1.82) is 0 Å². The fourth-order valence-corrected chi connectivity index (χ4v) is 3.30.